The molecule has 0 aliphatic heterocycles. The van der Waals surface area contributed by atoms with Gasteiger partial charge in [0.05, 0.1) is 6.04 Å². The molecule has 2 atom stereocenters. The van der Waals surface area contributed by atoms with Gasteiger partial charge in [-0.3, -0.25) is 4.79 Å². The third-order valence-electron chi connectivity index (χ3n) is 9.83. The quantitative estimate of drug-likeness (QED) is 0.110. The molecule has 0 saturated heterocycles. The minimum atomic E-state index is -1.44. The molecule has 5 aromatic rings. The summed E-state index contributed by atoms with van der Waals surface area (Å²) in [6, 6.07) is 27.9. The topological polar surface area (TPSA) is 121 Å². The van der Waals surface area contributed by atoms with Gasteiger partial charge < -0.3 is 29.7 Å². The first-order chi connectivity index (χ1) is 26.8. The van der Waals surface area contributed by atoms with E-state index in [1.165, 1.54) is 4.90 Å². The number of hydrogen-bond acceptors (Lipinski definition) is 5. The number of amides is 2. The van der Waals surface area contributed by atoms with Crippen molar-refractivity contribution in [2.75, 3.05) is 19.8 Å². The van der Waals surface area contributed by atoms with E-state index in [1.807, 2.05) is 118 Å². The van der Waals surface area contributed by atoms with Crippen LogP contribution in [0.4, 0.5) is 13.6 Å². The summed E-state index contributed by atoms with van der Waals surface area (Å²) in [6.07, 6.45) is 0.553. The number of aliphatic hydroxyl groups excluding tert-OH is 1. The Hall–Kier alpha value is -5.81. The van der Waals surface area contributed by atoms with Gasteiger partial charge >= 0.3 is 12.1 Å². The highest BCUT2D eigenvalue weighted by Crippen LogP contribution is 2.45. The second kappa shape index (κ2) is 18.2. The lowest BCUT2D eigenvalue weighted by Gasteiger charge is -2.41. The van der Waals surface area contributed by atoms with E-state index in [2.05, 4.69) is 5.32 Å². The first kappa shape index (κ1) is 41.4. The molecule has 56 heavy (non-hydrogen) atoms. The normalized spacial score (nSPS) is 13.1. The Morgan fingerprint density at radius 2 is 1.46 bits per heavy atom. The number of carbonyl (C=O) groups is 3. The number of halogens is 2. The maximum absolute atomic E-state index is 15.1. The second-order valence-electron chi connectivity index (χ2n) is 14.6. The van der Waals surface area contributed by atoms with Crippen LogP contribution in [0.25, 0.3) is 22.3 Å². The smallest absolute Gasteiger partial charge is 0.407 e. The van der Waals surface area contributed by atoms with E-state index < -0.39 is 53.7 Å². The highest BCUT2D eigenvalue weighted by molar-refractivity contribution is 5.82. The van der Waals surface area contributed by atoms with Crippen LogP contribution in [0.1, 0.15) is 75.4 Å². The lowest BCUT2D eigenvalue weighted by Crippen LogP contribution is -2.48. The van der Waals surface area contributed by atoms with E-state index in [0.717, 1.165) is 46.0 Å². The van der Waals surface area contributed by atoms with Gasteiger partial charge in [0.15, 0.2) is 0 Å². The summed E-state index contributed by atoms with van der Waals surface area (Å²) in [5.74, 6) is -3.47. The predicted molar refractivity (Wildman–Crippen MR) is 212 cm³/mol. The fourth-order valence-corrected chi connectivity index (χ4v) is 7.41. The number of alkyl carbamates (subject to hydrolysis) is 1. The summed E-state index contributed by atoms with van der Waals surface area (Å²) < 4.78 is 36.9. The molecule has 0 saturated carbocycles. The number of ether oxygens (including phenoxy) is 1. The average Bonchev–Trinajstić information content (AvgIpc) is 3.74. The SMILES string of the molecule is CC.CC(C)(C)C(c1cc(-c2cc(F)ccc2F)cn1Cc1ccccc1)N(CCC(NC(=O)OCC1c2ccccc2-c2ccccc21)C(=O)O)C(=O)CO. The van der Waals surface area contributed by atoms with Crippen LogP contribution in [0.5, 0.6) is 0 Å². The lowest BCUT2D eigenvalue weighted by molar-refractivity contribution is -0.143. The molecule has 1 aliphatic carbocycles. The summed E-state index contributed by atoms with van der Waals surface area (Å²) in [5, 5.41) is 22.8. The van der Waals surface area contributed by atoms with Crippen molar-refractivity contribution < 1.29 is 38.1 Å². The first-order valence-corrected chi connectivity index (χ1v) is 18.8. The van der Waals surface area contributed by atoms with E-state index in [0.29, 0.717) is 17.8 Å². The van der Waals surface area contributed by atoms with E-state index in [-0.39, 0.29) is 31.1 Å². The van der Waals surface area contributed by atoms with Gasteiger partial charge in [-0.25, -0.2) is 18.4 Å². The molecule has 9 nitrogen and oxygen atoms in total. The van der Waals surface area contributed by atoms with Crippen LogP contribution in [0.15, 0.2) is 109 Å². The summed E-state index contributed by atoms with van der Waals surface area (Å²) >= 11 is 0. The van der Waals surface area contributed by atoms with Crippen LogP contribution in [0.2, 0.25) is 0 Å². The fourth-order valence-electron chi connectivity index (χ4n) is 7.41. The summed E-state index contributed by atoms with van der Waals surface area (Å²) in [7, 11) is 0. The number of carbonyl (C=O) groups excluding carboxylic acids is 2. The Bertz CT molecular complexity index is 2100. The van der Waals surface area contributed by atoms with Crippen molar-refractivity contribution in [3.05, 3.63) is 143 Å². The van der Waals surface area contributed by atoms with E-state index in [9.17, 15) is 29.0 Å². The van der Waals surface area contributed by atoms with Crippen molar-refractivity contribution in [2.24, 2.45) is 5.41 Å². The average molecular weight is 766 g/mol. The molecule has 2 unspecified atom stereocenters. The number of hydrogen-bond donors (Lipinski definition) is 3. The third kappa shape index (κ3) is 9.34. The first-order valence-electron chi connectivity index (χ1n) is 18.8. The number of carboxylic acid groups (broad SMARTS) is 1. The van der Waals surface area contributed by atoms with E-state index >= 15 is 4.39 Å². The molecular weight excluding hydrogens is 717 g/mol. The second-order valence-corrected chi connectivity index (χ2v) is 14.6. The number of benzene rings is 4. The Labute approximate surface area is 326 Å². The molecule has 3 N–H and O–H groups in total. The Kier molecular flexibility index (Phi) is 13.5. The van der Waals surface area contributed by atoms with Crippen LogP contribution in [-0.2, 0) is 20.9 Å². The number of fused-ring (bicyclic) bond motifs is 3. The van der Waals surface area contributed by atoms with Gasteiger partial charge in [0.25, 0.3) is 0 Å². The Balaban J connectivity index is 0.00000295. The number of aliphatic carboxylic acids is 1. The zero-order chi connectivity index (χ0) is 40.6. The number of aromatic nitrogens is 1. The minimum Gasteiger partial charge on any atom is -0.480 e. The minimum absolute atomic E-state index is 0.0138. The molecule has 294 valence electrons. The van der Waals surface area contributed by atoms with Gasteiger partial charge in [0.2, 0.25) is 5.91 Å². The van der Waals surface area contributed by atoms with E-state index in [1.54, 1.807) is 12.3 Å². The lowest BCUT2D eigenvalue weighted by atomic mass is 9.82. The molecule has 0 radical (unpaired) electrons. The van der Waals surface area contributed by atoms with Crippen molar-refractivity contribution in [3.63, 3.8) is 0 Å². The number of nitrogens with one attached hydrogen (secondary N) is 1. The maximum Gasteiger partial charge on any atom is 0.407 e. The number of nitrogens with zero attached hydrogens (tertiary/aromatic N) is 2. The third-order valence-corrected chi connectivity index (χ3v) is 9.83. The van der Waals surface area contributed by atoms with Gasteiger partial charge in [0, 0.05) is 42.0 Å². The van der Waals surface area contributed by atoms with Gasteiger partial charge in [-0.15, -0.1) is 0 Å². The van der Waals surface area contributed by atoms with Crippen molar-refractivity contribution >= 4 is 18.0 Å². The molecule has 0 spiro atoms. The maximum atomic E-state index is 15.1. The highest BCUT2D eigenvalue weighted by Gasteiger charge is 2.38. The zero-order valence-corrected chi connectivity index (χ0v) is 32.3. The summed E-state index contributed by atoms with van der Waals surface area (Å²) in [4.78, 5) is 40.6. The van der Waals surface area contributed by atoms with Gasteiger partial charge in [-0.1, -0.05) is 113 Å². The van der Waals surface area contributed by atoms with Crippen molar-refractivity contribution in [3.8, 4) is 22.3 Å². The Morgan fingerprint density at radius 1 is 0.857 bits per heavy atom. The largest absolute Gasteiger partial charge is 0.480 e. The van der Waals surface area contributed by atoms with Crippen LogP contribution in [-0.4, -0.2) is 63.5 Å². The Morgan fingerprint density at radius 3 is 2.05 bits per heavy atom. The molecule has 2 amide bonds. The van der Waals surface area contributed by atoms with Crippen molar-refractivity contribution in [1.82, 2.24) is 14.8 Å². The van der Waals surface area contributed by atoms with Crippen LogP contribution >= 0.6 is 0 Å². The molecule has 4 aromatic carbocycles. The number of rotatable bonds is 13. The highest BCUT2D eigenvalue weighted by atomic mass is 19.1. The van der Waals surface area contributed by atoms with Gasteiger partial charge in [0.1, 0.15) is 30.9 Å². The molecule has 0 fully saturated rings. The van der Waals surface area contributed by atoms with Crippen molar-refractivity contribution in [1.29, 1.82) is 0 Å². The summed E-state index contributed by atoms with van der Waals surface area (Å²) in [6.45, 7) is 8.93. The van der Waals surface area contributed by atoms with E-state index in [4.69, 9.17) is 4.74 Å². The van der Waals surface area contributed by atoms with Crippen LogP contribution in [0.3, 0.4) is 0 Å². The van der Waals surface area contributed by atoms with Gasteiger partial charge in [-0.05, 0) is 63.9 Å². The summed E-state index contributed by atoms with van der Waals surface area (Å²) in [5.41, 5.74) is 5.29. The van der Waals surface area contributed by atoms with Crippen molar-refractivity contribution in [2.45, 2.75) is 65.6 Å². The molecule has 1 aliphatic rings. The molecule has 11 heteroatoms. The standard InChI is InChI=1S/C43H43F2N3O6.C2H6/c1-43(2,3)40(38-21-28(34-22-29(44)17-18-36(34)45)24-47(38)23-27-11-5-4-6-12-27)48(39(50)25-49)20-19-37(41(51)52)46-42(53)54-26-35-32-15-9-7-13-30(32)31-14-8-10-16-33(31)35;1-2/h4-18,21-22,24,35,37,40,49H,19-20,23,25-26H2,1-3H3,(H,46,53)(H,51,52);1-2H3. The fraction of sp³-hybridized carbons (Fsp3) is 0.311. The molecule has 1 heterocycles. The van der Waals surface area contributed by atoms with Crippen LogP contribution < -0.4 is 5.32 Å². The molecule has 0 bridgehead atoms. The monoisotopic (exact) mass is 765 g/mol. The van der Waals surface area contributed by atoms with Crippen LogP contribution in [0, 0.1) is 17.0 Å². The molecular formula is C45H49F2N3O6. The predicted octanol–water partition coefficient (Wildman–Crippen LogP) is 8.80. The zero-order valence-electron chi connectivity index (χ0n) is 32.3. The molecule has 1 aromatic heterocycles. The molecule has 6 rings (SSSR count). The number of aliphatic hydroxyl groups is 1. The number of carboxylic acids is 1. The van der Waals surface area contributed by atoms with Gasteiger partial charge in [-0.2, -0.15) is 0 Å².